The van der Waals surface area contributed by atoms with Crippen molar-refractivity contribution in [2.75, 3.05) is 5.32 Å². The predicted octanol–water partition coefficient (Wildman–Crippen LogP) is 3.77. The Bertz CT molecular complexity index is 335. The molecule has 2 heteroatoms. The highest BCUT2D eigenvalue weighted by Gasteiger charge is 2.16. The molecule has 1 aromatic heterocycles. The first-order valence-electron chi connectivity index (χ1n) is 6.43. The molecule has 1 N–H and O–H groups in total. The Labute approximate surface area is 98.5 Å². The van der Waals surface area contributed by atoms with Crippen LogP contribution in [0.25, 0.3) is 0 Å². The summed E-state index contributed by atoms with van der Waals surface area (Å²) in [6.07, 6.45) is 10.5. The molecule has 2 atom stereocenters. The lowest BCUT2D eigenvalue weighted by molar-refractivity contribution is 0.502. The van der Waals surface area contributed by atoms with Gasteiger partial charge >= 0.3 is 0 Å². The molecule has 1 saturated carbocycles. The maximum Gasteiger partial charge on any atom is 0.0402 e. The normalized spacial score (nSPS) is 26.1. The predicted molar refractivity (Wildman–Crippen MR) is 68.6 cm³/mol. The first kappa shape index (κ1) is 11.4. The van der Waals surface area contributed by atoms with E-state index in [1.165, 1.54) is 43.4 Å². The number of pyridine rings is 1. The van der Waals surface area contributed by atoms with E-state index in [4.69, 9.17) is 0 Å². The molecule has 0 aromatic carbocycles. The molecule has 2 unspecified atom stereocenters. The number of hydrogen-bond donors (Lipinski definition) is 1. The standard InChI is InChI=1S/C14H22N2/c1-11-4-3-5-13(7-6-11)16-14-8-9-15-10-12(14)2/h8-11,13H,3-7H2,1-2H3,(H,15,16). The van der Waals surface area contributed by atoms with Crippen LogP contribution in [0.2, 0.25) is 0 Å². The number of rotatable bonds is 2. The minimum atomic E-state index is 0.658. The molecule has 88 valence electrons. The van der Waals surface area contributed by atoms with Crippen molar-refractivity contribution >= 4 is 5.69 Å². The molecule has 1 aliphatic carbocycles. The Morgan fingerprint density at radius 1 is 1.25 bits per heavy atom. The van der Waals surface area contributed by atoms with Crippen LogP contribution in [0, 0.1) is 12.8 Å². The van der Waals surface area contributed by atoms with Gasteiger partial charge in [0, 0.05) is 24.1 Å². The number of hydrogen-bond acceptors (Lipinski definition) is 2. The summed E-state index contributed by atoms with van der Waals surface area (Å²) in [5.41, 5.74) is 2.51. The van der Waals surface area contributed by atoms with Crippen molar-refractivity contribution in [3.05, 3.63) is 24.0 Å². The second-order valence-corrected chi connectivity index (χ2v) is 5.15. The SMILES string of the molecule is Cc1cnccc1NC1CCCC(C)CC1. The summed E-state index contributed by atoms with van der Waals surface area (Å²) in [6.45, 7) is 4.49. The molecule has 0 radical (unpaired) electrons. The third-order valence-electron chi connectivity index (χ3n) is 3.64. The van der Waals surface area contributed by atoms with Crippen molar-refractivity contribution in [1.82, 2.24) is 4.98 Å². The summed E-state index contributed by atoms with van der Waals surface area (Å²) in [5.74, 6) is 0.908. The summed E-state index contributed by atoms with van der Waals surface area (Å²) in [4.78, 5) is 4.13. The summed E-state index contributed by atoms with van der Waals surface area (Å²) >= 11 is 0. The molecule has 0 bridgehead atoms. The van der Waals surface area contributed by atoms with Crippen molar-refractivity contribution in [3.63, 3.8) is 0 Å². The van der Waals surface area contributed by atoms with Gasteiger partial charge in [-0.05, 0) is 43.7 Å². The zero-order valence-corrected chi connectivity index (χ0v) is 10.4. The van der Waals surface area contributed by atoms with E-state index in [-0.39, 0.29) is 0 Å². The lowest BCUT2D eigenvalue weighted by Crippen LogP contribution is -2.19. The van der Waals surface area contributed by atoms with E-state index in [0.717, 1.165) is 5.92 Å². The zero-order valence-electron chi connectivity index (χ0n) is 10.4. The number of nitrogens with zero attached hydrogens (tertiary/aromatic N) is 1. The average Bonchev–Trinajstić information content (AvgIpc) is 2.47. The van der Waals surface area contributed by atoms with E-state index in [1.807, 2.05) is 12.4 Å². The van der Waals surface area contributed by atoms with Crippen LogP contribution < -0.4 is 5.32 Å². The molecule has 0 saturated heterocycles. The second kappa shape index (κ2) is 5.33. The van der Waals surface area contributed by atoms with Gasteiger partial charge in [0.1, 0.15) is 0 Å². The Balaban J connectivity index is 1.96. The zero-order chi connectivity index (χ0) is 11.4. The molecule has 0 amide bonds. The van der Waals surface area contributed by atoms with Gasteiger partial charge < -0.3 is 5.32 Å². The Morgan fingerprint density at radius 2 is 2.12 bits per heavy atom. The van der Waals surface area contributed by atoms with Crippen LogP contribution in [0.15, 0.2) is 18.5 Å². The van der Waals surface area contributed by atoms with Crippen LogP contribution in [0.1, 0.15) is 44.6 Å². The Morgan fingerprint density at radius 3 is 2.94 bits per heavy atom. The highest BCUT2D eigenvalue weighted by Crippen LogP contribution is 2.25. The fourth-order valence-electron chi connectivity index (χ4n) is 2.49. The topological polar surface area (TPSA) is 24.9 Å². The van der Waals surface area contributed by atoms with Crippen molar-refractivity contribution in [3.8, 4) is 0 Å². The fourth-order valence-corrected chi connectivity index (χ4v) is 2.49. The summed E-state index contributed by atoms with van der Waals surface area (Å²) in [5, 5.41) is 3.67. The van der Waals surface area contributed by atoms with Crippen LogP contribution in [0.4, 0.5) is 5.69 Å². The van der Waals surface area contributed by atoms with Crippen molar-refractivity contribution in [2.24, 2.45) is 5.92 Å². The van der Waals surface area contributed by atoms with E-state index >= 15 is 0 Å². The molecule has 2 nitrogen and oxygen atoms in total. The minimum absolute atomic E-state index is 0.658. The maximum atomic E-state index is 4.13. The van der Waals surface area contributed by atoms with E-state index in [0.29, 0.717) is 6.04 Å². The number of aryl methyl sites for hydroxylation is 1. The van der Waals surface area contributed by atoms with Crippen LogP contribution >= 0.6 is 0 Å². The Kier molecular flexibility index (Phi) is 3.81. The van der Waals surface area contributed by atoms with E-state index < -0.39 is 0 Å². The minimum Gasteiger partial charge on any atom is -0.382 e. The van der Waals surface area contributed by atoms with Gasteiger partial charge in [0.25, 0.3) is 0 Å². The summed E-state index contributed by atoms with van der Waals surface area (Å²) < 4.78 is 0. The highest BCUT2D eigenvalue weighted by molar-refractivity contribution is 5.49. The van der Waals surface area contributed by atoms with Gasteiger partial charge in [-0.3, -0.25) is 4.98 Å². The van der Waals surface area contributed by atoms with Crippen molar-refractivity contribution in [1.29, 1.82) is 0 Å². The third kappa shape index (κ3) is 2.97. The first-order valence-corrected chi connectivity index (χ1v) is 6.43. The highest BCUT2D eigenvalue weighted by atomic mass is 14.9. The van der Waals surface area contributed by atoms with Crippen LogP contribution in [0.3, 0.4) is 0 Å². The van der Waals surface area contributed by atoms with E-state index in [1.54, 1.807) is 0 Å². The van der Waals surface area contributed by atoms with Crippen LogP contribution in [-0.4, -0.2) is 11.0 Å². The maximum absolute atomic E-state index is 4.13. The fraction of sp³-hybridized carbons (Fsp3) is 0.643. The molecule has 16 heavy (non-hydrogen) atoms. The van der Waals surface area contributed by atoms with Gasteiger partial charge in [-0.1, -0.05) is 19.8 Å². The molecular weight excluding hydrogens is 196 g/mol. The van der Waals surface area contributed by atoms with E-state index in [2.05, 4.69) is 30.2 Å². The molecule has 1 aliphatic rings. The van der Waals surface area contributed by atoms with Crippen molar-refractivity contribution in [2.45, 2.75) is 52.0 Å². The quantitative estimate of drug-likeness (QED) is 0.764. The van der Waals surface area contributed by atoms with Gasteiger partial charge in [0.05, 0.1) is 0 Å². The molecule has 0 aliphatic heterocycles. The molecule has 1 heterocycles. The largest absolute Gasteiger partial charge is 0.382 e. The van der Waals surface area contributed by atoms with Gasteiger partial charge in [-0.15, -0.1) is 0 Å². The summed E-state index contributed by atoms with van der Waals surface area (Å²) in [6, 6.07) is 2.75. The number of anilines is 1. The molecule has 2 rings (SSSR count). The number of aromatic nitrogens is 1. The lowest BCUT2D eigenvalue weighted by atomic mass is 10.0. The van der Waals surface area contributed by atoms with Crippen molar-refractivity contribution < 1.29 is 0 Å². The van der Waals surface area contributed by atoms with Gasteiger partial charge in [-0.25, -0.2) is 0 Å². The van der Waals surface area contributed by atoms with Gasteiger partial charge in [-0.2, -0.15) is 0 Å². The smallest absolute Gasteiger partial charge is 0.0402 e. The third-order valence-corrected chi connectivity index (χ3v) is 3.64. The molecular formula is C14H22N2. The number of nitrogens with one attached hydrogen (secondary N) is 1. The summed E-state index contributed by atoms with van der Waals surface area (Å²) in [7, 11) is 0. The lowest BCUT2D eigenvalue weighted by Gasteiger charge is -2.19. The van der Waals surface area contributed by atoms with Crippen LogP contribution in [0.5, 0.6) is 0 Å². The van der Waals surface area contributed by atoms with E-state index in [9.17, 15) is 0 Å². The van der Waals surface area contributed by atoms with Crippen LogP contribution in [-0.2, 0) is 0 Å². The molecule has 0 spiro atoms. The van der Waals surface area contributed by atoms with Gasteiger partial charge in [0.15, 0.2) is 0 Å². The monoisotopic (exact) mass is 218 g/mol. The molecule has 1 aromatic rings. The first-order chi connectivity index (χ1) is 7.75. The average molecular weight is 218 g/mol. The second-order valence-electron chi connectivity index (χ2n) is 5.15. The molecule has 1 fully saturated rings. The van der Waals surface area contributed by atoms with Gasteiger partial charge in [0.2, 0.25) is 0 Å². The Hall–Kier alpha value is -1.05.